The van der Waals surface area contributed by atoms with Gasteiger partial charge in [0, 0.05) is 22.9 Å². The Morgan fingerprint density at radius 2 is 2.11 bits per heavy atom. The van der Waals surface area contributed by atoms with Gasteiger partial charge in [-0.3, -0.25) is 4.79 Å². The quantitative estimate of drug-likeness (QED) is 0.770. The molecule has 1 heterocycles. The summed E-state index contributed by atoms with van der Waals surface area (Å²) in [6.07, 6.45) is 0.841. The molecule has 2 N–H and O–H groups in total. The Balaban J connectivity index is 2.58. The zero-order valence-electron chi connectivity index (χ0n) is 10.7. The molecule has 1 amide bonds. The molecular weight excluding hydrogens is 380 g/mol. The normalized spacial score (nSPS) is 12.8. The van der Waals surface area contributed by atoms with Gasteiger partial charge < -0.3 is 10.6 Å². The van der Waals surface area contributed by atoms with E-state index < -0.39 is 0 Å². The number of carbonyl (C=O) groups excluding carboxylic acids is 1. The summed E-state index contributed by atoms with van der Waals surface area (Å²) in [6, 6.07) is 1.94. The molecule has 0 aromatic carbocycles. The van der Waals surface area contributed by atoms with Crippen LogP contribution in [0.1, 0.15) is 25.1 Å². The van der Waals surface area contributed by atoms with Crippen molar-refractivity contribution in [3.63, 3.8) is 0 Å². The number of likely N-dealkylation sites (N-methyl/N-ethyl adjacent to an activating group) is 1. The van der Waals surface area contributed by atoms with E-state index in [-0.39, 0.29) is 11.9 Å². The highest BCUT2D eigenvalue weighted by atomic mass is 79.9. The molecular formula is C12H18Br2N2OS. The van der Waals surface area contributed by atoms with Gasteiger partial charge in [0.2, 0.25) is 5.91 Å². The first-order chi connectivity index (χ1) is 8.43. The van der Waals surface area contributed by atoms with Crippen molar-refractivity contribution in [1.82, 2.24) is 10.6 Å². The van der Waals surface area contributed by atoms with Crippen molar-refractivity contribution < 1.29 is 4.79 Å². The third-order valence-electron chi connectivity index (χ3n) is 2.49. The zero-order chi connectivity index (χ0) is 13.7. The molecule has 0 fully saturated rings. The van der Waals surface area contributed by atoms with E-state index in [1.54, 1.807) is 18.4 Å². The van der Waals surface area contributed by atoms with Crippen molar-refractivity contribution in [2.75, 3.05) is 7.05 Å². The van der Waals surface area contributed by atoms with E-state index in [1.165, 1.54) is 4.88 Å². The maximum Gasteiger partial charge on any atom is 0.236 e. The van der Waals surface area contributed by atoms with Crippen LogP contribution < -0.4 is 10.6 Å². The molecule has 102 valence electrons. The highest BCUT2D eigenvalue weighted by Crippen LogP contribution is 2.32. The minimum atomic E-state index is -0.130. The van der Waals surface area contributed by atoms with Gasteiger partial charge in [0.25, 0.3) is 0 Å². The predicted molar refractivity (Wildman–Crippen MR) is 83.9 cm³/mol. The van der Waals surface area contributed by atoms with Crippen LogP contribution in [0, 0.1) is 5.92 Å². The van der Waals surface area contributed by atoms with Crippen molar-refractivity contribution >= 4 is 49.1 Å². The van der Waals surface area contributed by atoms with Crippen molar-refractivity contribution in [2.45, 2.75) is 32.9 Å². The molecule has 1 unspecified atom stereocenters. The second-order valence-corrected chi connectivity index (χ2v) is 7.82. The van der Waals surface area contributed by atoms with Crippen LogP contribution in [-0.2, 0) is 11.3 Å². The van der Waals surface area contributed by atoms with Gasteiger partial charge in [-0.1, -0.05) is 13.8 Å². The van der Waals surface area contributed by atoms with Crippen LogP contribution >= 0.6 is 43.2 Å². The Bertz CT molecular complexity index is 387. The highest BCUT2D eigenvalue weighted by molar-refractivity contribution is 9.13. The second kappa shape index (κ2) is 7.62. The number of amides is 1. The Kier molecular flexibility index (Phi) is 6.84. The molecule has 0 aliphatic heterocycles. The number of thiophene rings is 1. The molecule has 1 atom stereocenters. The van der Waals surface area contributed by atoms with Crippen LogP contribution in [0.3, 0.4) is 0 Å². The monoisotopic (exact) mass is 396 g/mol. The molecule has 3 nitrogen and oxygen atoms in total. The molecule has 0 saturated carbocycles. The molecule has 1 aromatic heterocycles. The highest BCUT2D eigenvalue weighted by Gasteiger charge is 2.18. The summed E-state index contributed by atoms with van der Waals surface area (Å²) in [5, 5.41) is 6.02. The summed E-state index contributed by atoms with van der Waals surface area (Å²) >= 11 is 8.60. The lowest BCUT2D eigenvalue weighted by Gasteiger charge is -2.18. The Morgan fingerprint density at radius 3 is 2.56 bits per heavy atom. The lowest BCUT2D eigenvalue weighted by atomic mass is 10.0. The van der Waals surface area contributed by atoms with Gasteiger partial charge in [-0.25, -0.2) is 0 Å². The Hall–Kier alpha value is 0.0900. The predicted octanol–water partition coefficient (Wildman–Crippen LogP) is 3.52. The lowest BCUT2D eigenvalue weighted by Crippen LogP contribution is -2.43. The Morgan fingerprint density at radius 1 is 1.44 bits per heavy atom. The maximum atomic E-state index is 11.8. The fraction of sp³-hybridized carbons (Fsp3) is 0.583. The number of carbonyl (C=O) groups is 1. The van der Waals surface area contributed by atoms with E-state index in [9.17, 15) is 4.79 Å². The van der Waals surface area contributed by atoms with Crippen LogP contribution in [0.15, 0.2) is 14.3 Å². The summed E-state index contributed by atoms with van der Waals surface area (Å²) in [7, 11) is 1.68. The SMILES string of the molecule is CNC(=O)C(CC(C)C)NCc1cc(Br)c(Br)s1. The number of hydrogen-bond donors (Lipinski definition) is 2. The second-order valence-electron chi connectivity index (χ2n) is 4.51. The first kappa shape index (κ1) is 16.1. The van der Waals surface area contributed by atoms with Gasteiger partial charge in [-0.05, 0) is 50.3 Å². The van der Waals surface area contributed by atoms with Gasteiger partial charge in [0.1, 0.15) is 0 Å². The zero-order valence-corrected chi connectivity index (χ0v) is 14.7. The largest absolute Gasteiger partial charge is 0.358 e. The number of rotatable bonds is 6. The summed E-state index contributed by atoms with van der Waals surface area (Å²) in [5.74, 6) is 0.542. The third kappa shape index (κ3) is 4.99. The molecule has 0 radical (unpaired) electrons. The van der Waals surface area contributed by atoms with Gasteiger partial charge in [0.15, 0.2) is 0 Å². The molecule has 0 bridgehead atoms. The van der Waals surface area contributed by atoms with Crippen LogP contribution in [0.5, 0.6) is 0 Å². The smallest absolute Gasteiger partial charge is 0.236 e. The van der Waals surface area contributed by atoms with Gasteiger partial charge in [0.05, 0.1) is 9.83 Å². The molecule has 6 heteroatoms. The average Bonchev–Trinajstić information content (AvgIpc) is 2.62. The van der Waals surface area contributed by atoms with E-state index in [4.69, 9.17) is 0 Å². The van der Waals surface area contributed by atoms with Crippen molar-refractivity contribution in [1.29, 1.82) is 0 Å². The fourth-order valence-electron chi connectivity index (χ4n) is 1.63. The van der Waals surface area contributed by atoms with E-state index >= 15 is 0 Å². The summed E-state index contributed by atoms with van der Waals surface area (Å²) < 4.78 is 2.14. The number of halogens is 2. The van der Waals surface area contributed by atoms with Gasteiger partial charge in [-0.2, -0.15) is 0 Å². The van der Waals surface area contributed by atoms with Crippen molar-refractivity contribution in [3.8, 4) is 0 Å². The van der Waals surface area contributed by atoms with Gasteiger partial charge >= 0.3 is 0 Å². The minimum absolute atomic E-state index is 0.0541. The molecule has 0 spiro atoms. The Labute approximate surface area is 129 Å². The summed E-state index contributed by atoms with van der Waals surface area (Å²) in [6.45, 7) is 4.95. The lowest BCUT2D eigenvalue weighted by molar-refractivity contribution is -0.123. The standard InChI is InChI=1S/C12H18Br2N2OS/c1-7(2)4-10(12(17)15-3)16-6-8-5-9(13)11(14)18-8/h5,7,10,16H,4,6H2,1-3H3,(H,15,17). The third-order valence-corrected chi connectivity index (χ3v) is 5.75. The van der Waals surface area contributed by atoms with Gasteiger partial charge in [-0.15, -0.1) is 11.3 Å². The van der Waals surface area contributed by atoms with E-state index in [1.807, 2.05) is 0 Å². The maximum absolute atomic E-state index is 11.8. The fourth-order valence-corrected chi connectivity index (χ4v) is 3.76. The van der Waals surface area contributed by atoms with Crippen molar-refractivity contribution in [3.05, 3.63) is 19.2 Å². The molecule has 1 rings (SSSR count). The molecule has 1 aromatic rings. The summed E-state index contributed by atoms with van der Waals surface area (Å²) in [4.78, 5) is 13.0. The average molecular weight is 398 g/mol. The molecule has 18 heavy (non-hydrogen) atoms. The molecule has 0 saturated heterocycles. The molecule has 0 aliphatic carbocycles. The van der Waals surface area contributed by atoms with E-state index in [2.05, 4.69) is 62.4 Å². The van der Waals surface area contributed by atoms with Crippen LogP contribution in [0.4, 0.5) is 0 Å². The van der Waals surface area contributed by atoms with E-state index in [0.29, 0.717) is 12.5 Å². The van der Waals surface area contributed by atoms with Crippen LogP contribution in [-0.4, -0.2) is 19.0 Å². The van der Waals surface area contributed by atoms with Crippen LogP contribution in [0.2, 0.25) is 0 Å². The topological polar surface area (TPSA) is 41.1 Å². The first-order valence-electron chi connectivity index (χ1n) is 5.82. The molecule has 0 aliphatic rings. The van der Waals surface area contributed by atoms with Crippen LogP contribution in [0.25, 0.3) is 0 Å². The minimum Gasteiger partial charge on any atom is -0.358 e. The van der Waals surface area contributed by atoms with Crippen molar-refractivity contribution in [2.24, 2.45) is 5.92 Å². The first-order valence-corrected chi connectivity index (χ1v) is 8.23. The van der Waals surface area contributed by atoms with E-state index in [0.717, 1.165) is 14.7 Å². The summed E-state index contributed by atoms with van der Waals surface area (Å²) in [5.41, 5.74) is 0. The number of nitrogens with one attached hydrogen (secondary N) is 2. The number of hydrogen-bond acceptors (Lipinski definition) is 3.